The fraction of sp³-hybridized carbons (Fsp3) is 0.692. The molecule has 19 heavy (non-hydrogen) atoms. The van der Waals surface area contributed by atoms with Gasteiger partial charge in [0.05, 0.1) is 12.1 Å². The molecule has 1 aliphatic heterocycles. The van der Waals surface area contributed by atoms with Gasteiger partial charge in [0.2, 0.25) is 0 Å². The SMILES string of the molecule is CC(C)(C)[C@H](c1ccc([N+](=O)[O-])o1)N1CCNCC1. The number of rotatable bonds is 3. The molecule has 1 atom stereocenters. The van der Waals surface area contributed by atoms with Crippen molar-refractivity contribution in [2.45, 2.75) is 26.8 Å². The molecule has 0 bridgehead atoms. The van der Waals surface area contributed by atoms with Gasteiger partial charge >= 0.3 is 5.88 Å². The third-order valence-corrected chi connectivity index (χ3v) is 3.40. The van der Waals surface area contributed by atoms with Gasteiger partial charge in [0, 0.05) is 26.2 Å². The van der Waals surface area contributed by atoms with Gasteiger partial charge in [0.25, 0.3) is 0 Å². The molecule has 2 rings (SSSR count). The number of furan rings is 1. The molecule has 6 heteroatoms. The van der Waals surface area contributed by atoms with E-state index in [0.717, 1.165) is 26.2 Å². The first-order valence-corrected chi connectivity index (χ1v) is 6.58. The van der Waals surface area contributed by atoms with Gasteiger partial charge in [-0.05, 0) is 11.5 Å². The maximum Gasteiger partial charge on any atom is 0.433 e. The molecule has 6 nitrogen and oxygen atoms in total. The molecule has 1 fully saturated rings. The first-order chi connectivity index (χ1) is 8.89. The van der Waals surface area contributed by atoms with E-state index in [-0.39, 0.29) is 17.3 Å². The van der Waals surface area contributed by atoms with E-state index in [1.54, 1.807) is 6.07 Å². The topological polar surface area (TPSA) is 71.5 Å². The monoisotopic (exact) mass is 267 g/mol. The van der Waals surface area contributed by atoms with Gasteiger partial charge in [-0.1, -0.05) is 20.8 Å². The molecule has 0 amide bonds. The van der Waals surface area contributed by atoms with Crippen molar-refractivity contribution in [2.75, 3.05) is 26.2 Å². The molecular weight excluding hydrogens is 246 g/mol. The van der Waals surface area contributed by atoms with E-state index in [4.69, 9.17) is 4.42 Å². The molecule has 1 saturated heterocycles. The van der Waals surface area contributed by atoms with E-state index < -0.39 is 4.92 Å². The van der Waals surface area contributed by atoms with Gasteiger partial charge in [-0.2, -0.15) is 0 Å². The molecule has 0 aliphatic carbocycles. The zero-order valence-electron chi connectivity index (χ0n) is 11.7. The van der Waals surface area contributed by atoms with E-state index in [0.29, 0.717) is 5.76 Å². The van der Waals surface area contributed by atoms with Crippen molar-refractivity contribution in [3.63, 3.8) is 0 Å². The molecular formula is C13H21N3O3. The lowest BCUT2D eigenvalue weighted by atomic mass is 9.84. The summed E-state index contributed by atoms with van der Waals surface area (Å²) in [6.45, 7) is 10.1. The summed E-state index contributed by atoms with van der Waals surface area (Å²) >= 11 is 0. The standard InChI is InChI=1S/C13H21N3O3/c1-13(2,3)12(15-8-6-14-7-9-15)10-4-5-11(19-10)16(17)18/h4-5,12,14H,6-9H2,1-3H3/t12-/m0/s1. The van der Waals surface area contributed by atoms with Crippen LogP contribution in [0.5, 0.6) is 0 Å². The van der Waals surface area contributed by atoms with Gasteiger partial charge in [-0.25, -0.2) is 0 Å². The number of nitro groups is 1. The van der Waals surface area contributed by atoms with Crippen LogP contribution in [0, 0.1) is 15.5 Å². The minimum Gasteiger partial charge on any atom is -0.404 e. The van der Waals surface area contributed by atoms with Gasteiger partial charge in [-0.3, -0.25) is 15.0 Å². The van der Waals surface area contributed by atoms with Crippen LogP contribution in [0.4, 0.5) is 5.88 Å². The van der Waals surface area contributed by atoms with Crippen molar-refractivity contribution in [3.05, 3.63) is 28.0 Å². The molecule has 0 unspecified atom stereocenters. The number of nitrogens with one attached hydrogen (secondary N) is 1. The van der Waals surface area contributed by atoms with E-state index >= 15 is 0 Å². The van der Waals surface area contributed by atoms with Crippen molar-refractivity contribution >= 4 is 5.88 Å². The van der Waals surface area contributed by atoms with Crippen LogP contribution in [-0.4, -0.2) is 36.0 Å². The summed E-state index contributed by atoms with van der Waals surface area (Å²) in [6.07, 6.45) is 0. The van der Waals surface area contributed by atoms with E-state index in [2.05, 4.69) is 31.0 Å². The summed E-state index contributed by atoms with van der Waals surface area (Å²) in [6, 6.07) is 3.23. The second kappa shape index (κ2) is 5.30. The number of piperazine rings is 1. The predicted octanol–water partition coefficient (Wildman–Crippen LogP) is 2.18. The van der Waals surface area contributed by atoms with Crippen LogP contribution >= 0.6 is 0 Å². The quantitative estimate of drug-likeness (QED) is 0.671. The van der Waals surface area contributed by atoms with Gasteiger partial charge in [0.15, 0.2) is 0 Å². The Morgan fingerprint density at radius 3 is 2.47 bits per heavy atom. The van der Waals surface area contributed by atoms with Gasteiger partial charge in [0.1, 0.15) is 10.7 Å². The zero-order chi connectivity index (χ0) is 14.0. The lowest BCUT2D eigenvalue weighted by Crippen LogP contribution is -2.48. The summed E-state index contributed by atoms with van der Waals surface area (Å²) in [5.41, 5.74) is -0.0386. The summed E-state index contributed by atoms with van der Waals surface area (Å²) in [5, 5.41) is 14.1. The fourth-order valence-corrected chi connectivity index (χ4v) is 2.68. The maximum atomic E-state index is 10.8. The molecule has 1 aromatic rings. The van der Waals surface area contributed by atoms with Crippen LogP contribution in [0.15, 0.2) is 16.5 Å². The molecule has 0 aromatic carbocycles. The number of hydrogen-bond donors (Lipinski definition) is 1. The summed E-state index contributed by atoms with van der Waals surface area (Å²) in [4.78, 5) is 12.6. The van der Waals surface area contributed by atoms with Crippen LogP contribution in [0.1, 0.15) is 32.6 Å². The molecule has 1 aromatic heterocycles. The van der Waals surface area contributed by atoms with Gasteiger partial charge < -0.3 is 9.73 Å². The highest BCUT2D eigenvalue weighted by atomic mass is 16.6. The lowest BCUT2D eigenvalue weighted by Gasteiger charge is -2.40. The van der Waals surface area contributed by atoms with Crippen molar-refractivity contribution in [1.29, 1.82) is 0 Å². The normalized spacial score (nSPS) is 19.3. The Kier molecular flexibility index (Phi) is 3.91. The zero-order valence-corrected chi connectivity index (χ0v) is 11.7. The molecule has 0 saturated carbocycles. The Morgan fingerprint density at radius 1 is 1.37 bits per heavy atom. The average molecular weight is 267 g/mol. The Labute approximate surface area is 112 Å². The summed E-state index contributed by atoms with van der Waals surface area (Å²) in [5.74, 6) is 0.500. The molecule has 106 valence electrons. The smallest absolute Gasteiger partial charge is 0.404 e. The van der Waals surface area contributed by atoms with Crippen LogP contribution in [0.3, 0.4) is 0 Å². The van der Waals surface area contributed by atoms with Gasteiger partial charge in [-0.15, -0.1) is 0 Å². The second-order valence-corrected chi connectivity index (χ2v) is 5.99. The Morgan fingerprint density at radius 2 is 2.00 bits per heavy atom. The first-order valence-electron chi connectivity index (χ1n) is 6.58. The number of nitrogens with zero attached hydrogens (tertiary/aromatic N) is 2. The van der Waals surface area contributed by atoms with Crippen molar-refractivity contribution in [1.82, 2.24) is 10.2 Å². The molecule has 0 radical (unpaired) electrons. The molecule has 1 aliphatic rings. The Bertz CT molecular complexity index is 444. The Hall–Kier alpha value is -1.40. The highest BCUT2D eigenvalue weighted by molar-refractivity contribution is 5.21. The number of hydrogen-bond acceptors (Lipinski definition) is 5. The third kappa shape index (κ3) is 3.13. The molecule has 1 N–H and O–H groups in total. The first kappa shape index (κ1) is 14.0. The minimum atomic E-state index is -0.485. The van der Waals surface area contributed by atoms with E-state index in [9.17, 15) is 10.1 Å². The van der Waals surface area contributed by atoms with Crippen LogP contribution < -0.4 is 5.32 Å². The third-order valence-electron chi connectivity index (χ3n) is 3.40. The lowest BCUT2D eigenvalue weighted by molar-refractivity contribution is -0.402. The molecule has 0 spiro atoms. The van der Waals surface area contributed by atoms with E-state index in [1.165, 1.54) is 6.07 Å². The minimum absolute atomic E-state index is 0.0386. The van der Waals surface area contributed by atoms with E-state index in [1.807, 2.05) is 0 Å². The van der Waals surface area contributed by atoms with Crippen LogP contribution in [-0.2, 0) is 0 Å². The van der Waals surface area contributed by atoms with Crippen molar-refractivity contribution < 1.29 is 9.34 Å². The Balaban J connectivity index is 2.28. The summed E-state index contributed by atoms with van der Waals surface area (Å²) < 4.78 is 5.43. The largest absolute Gasteiger partial charge is 0.433 e. The highest BCUT2D eigenvalue weighted by Gasteiger charge is 2.35. The van der Waals surface area contributed by atoms with Crippen LogP contribution in [0.25, 0.3) is 0 Å². The maximum absolute atomic E-state index is 10.8. The van der Waals surface area contributed by atoms with Crippen molar-refractivity contribution in [2.24, 2.45) is 5.41 Å². The summed E-state index contributed by atoms with van der Waals surface area (Å²) in [7, 11) is 0. The average Bonchev–Trinajstić information content (AvgIpc) is 2.78. The fourth-order valence-electron chi connectivity index (χ4n) is 2.68. The second-order valence-electron chi connectivity index (χ2n) is 5.99. The molecule has 2 heterocycles. The van der Waals surface area contributed by atoms with Crippen molar-refractivity contribution in [3.8, 4) is 0 Å². The predicted molar refractivity (Wildman–Crippen MR) is 72.0 cm³/mol. The highest BCUT2D eigenvalue weighted by Crippen LogP contribution is 2.39. The van der Waals surface area contributed by atoms with Crippen LogP contribution in [0.2, 0.25) is 0 Å².